The fraction of sp³-hybridized carbons (Fsp3) is 0.222. The van der Waals surface area contributed by atoms with Crippen LogP contribution in [-0.4, -0.2) is 41.4 Å². The van der Waals surface area contributed by atoms with Gasteiger partial charge in [-0.2, -0.15) is 8.42 Å². The van der Waals surface area contributed by atoms with E-state index in [0.29, 0.717) is 17.3 Å². The lowest BCUT2D eigenvalue weighted by Crippen LogP contribution is -2.28. The van der Waals surface area contributed by atoms with Crippen LogP contribution in [0.5, 0.6) is 0 Å². The Bertz CT molecular complexity index is 1430. The number of hydrogen-bond donors (Lipinski definition) is 3. The number of aromatic nitrogens is 2. The summed E-state index contributed by atoms with van der Waals surface area (Å²) in [6, 6.07) is 24.5. The molecule has 1 amide bonds. The van der Waals surface area contributed by atoms with Crippen molar-refractivity contribution in [2.45, 2.75) is 19.9 Å². The van der Waals surface area contributed by atoms with Crippen molar-refractivity contribution in [1.29, 1.82) is 0 Å². The molecule has 0 radical (unpaired) electrons. The zero-order valence-electron chi connectivity index (χ0n) is 20.5. The van der Waals surface area contributed by atoms with Gasteiger partial charge < -0.3 is 15.1 Å². The van der Waals surface area contributed by atoms with Crippen LogP contribution in [0.2, 0.25) is 0 Å². The molecule has 3 N–H and O–H groups in total. The van der Waals surface area contributed by atoms with E-state index in [4.69, 9.17) is 8.97 Å². The first-order valence-corrected chi connectivity index (χ1v) is 13.4. The van der Waals surface area contributed by atoms with Crippen molar-refractivity contribution >= 4 is 21.7 Å². The summed E-state index contributed by atoms with van der Waals surface area (Å²) in [5.41, 5.74) is 3.99. The van der Waals surface area contributed by atoms with E-state index in [0.717, 1.165) is 22.4 Å². The summed E-state index contributed by atoms with van der Waals surface area (Å²) >= 11 is 0. The van der Waals surface area contributed by atoms with Gasteiger partial charge in [-0.15, -0.1) is 10.2 Å². The van der Waals surface area contributed by atoms with Gasteiger partial charge in [0.05, 0.1) is 11.8 Å². The molecule has 1 heterocycles. The maximum atomic E-state index is 12.2. The third-order valence-electron chi connectivity index (χ3n) is 5.74. The summed E-state index contributed by atoms with van der Waals surface area (Å²) in [5, 5.41) is 14.3. The zero-order valence-corrected chi connectivity index (χ0v) is 21.3. The van der Waals surface area contributed by atoms with Gasteiger partial charge in [-0.1, -0.05) is 44.2 Å². The molecule has 0 aliphatic heterocycles. The summed E-state index contributed by atoms with van der Waals surface area (Å²) in [4.78, 5) is 12.2. The molecule has 0 spiro atoms. The van der Waals surface area contributed by atoms with Crippen LogP contribution in [0.1, 0.15) is 35.8 Å². The van der Waals surface area contributed by atoms with Gasteiger partial charge >= 0.3 is 0 Å². The van der Waals surface area contributed by atoms with Crippen molar-refractivity contribution < 1.29 is 22.2 Å². The first-order valence-electron chi connectivity index (χ1n) is 11.8. The smallest absolute Gasteiger partial charge is 0.266 e. The van der Waals surface area contributed by atoms with Gasteiger partial charge in [0, 0.05) is 28.9 Å². The minimum Gasteiger partial charge on any atom is -0.416 e. The molecular weight excluding hydrogens is 492 g/mol. The zero-order chi connectivity index (χ0) is 26.4. The third-order valence-corrected chi connectivity index (χ3v) is 6.46. The van der Waals surface area contributed by atoms with E-state index in [9.17, 15) is 13.2 Å². The van der Waals surface area contributed by atoms with E-state index in [-0.39, 0.29) is 18.5 Å². The van der Waals surface area contributed by atoms with E-state index < -0.39 is 21.8 Å². The molecule has 0 bridgehead atoms. The van der Waals surface area contributed by atoms with Crippen LogP contribution >= 0.6 is 0 Å². The number of anilines is 1. The number of nitrogens with zero attached hydrogens (tertiary/aromatic N) is 2. The summed E-state index contributed by atoms with van der Waals surface area (Å²) in [5.74, 6) is 0.236. The van der Waals surface area contributed by atoms with E-state index >= 15 is 0 Å². The molecule has 4 aromatic rings. The number of nitrogens with one attached hydrogen (secondary N) is 2. The van der Waals surface area contributed by atoms with Crippen molar-refractivity contribution in [2.75, 3.05) is 17.6 Å². The fourth-order valence-corrected chi connectivity index (χ4v) is 4.16. The normalized spacial score (nSPS) is 12.3. The molecule has 10 heteroatoms. The van der Waals surface area contributed by atoms with Crippen LogP contribution in [-0.2, 0) is 10.1 Å². The van der Waals surface area contributed by atoms with Crippen molar-refractivity contribution in [3.63, 3.8) is 0 Å². The van der Waals surface area contributed by atoms with Gasteiger partial charge in [0.15, 0.2) is 0 Å². The Balaban J connectivity index is 1.42. The molecule has 0 fully saturated rings. The van der Waals surface area contributed by atoms with Gasteiger partial charge in [-0.05, 0) is 60.0 Å². The Morgan fingerprint density at radius 3 is 2.05 bits per heavy atom. The number of benzene rings is 3. The first kappa shape index (κ1) is 26.1. The van der Waals surface area contributed by atoms with Gasteiger partial charge in [-0.25, -0.2) is 0 Å². The molecule has 0 saturated heterocycles. The maximum absolute atomic E-state index is 12.2. The van der Waals surface area contributed by atoms with Crippen molar-refractivity contribution in [1.82, 2.24) is 15.5 Å². The minimum atomic E-state index is -4.12. The number of amides is 1. The number of hydrogen-bond acceptors (Lipinski definition) is 7. The lowest BCUT2D eigenvalue weighted by Gasteiger charge is -2.24. The van der Waals surface area contributed by atoms with Crippen LogP contribution in [0, 0.1) is 5.92 Å². The highest BCUT2D eigenvalue weighted by atomic mass is 32.2. The largest absolute Gasteiger partial charge is 0.416 e. The Morgan fingerprint density at radius 2 is 1.49 bits per heavy atom. The van der Waals surface area contributed by atoms with Crippen LogP contribution in [0.3, 0.4) is 0 Å². The molecular formula is C27H28N4O5S. The minimum absolute atomic E-state index is 0.00560. The average Bonchev–Trinajstić information content (AvgIpc) is 3.38. The molecule has 1 atom stereocenters. The second-order valence-corrected chi connectivity index (χ2v) is 10.5. The van der Waals surface area contributed by atoms with E-state index in [1.165, 1.54) is 0 Å². The number of carbonyl (C=O) groups is 1. The summed E-state index contributed by atoms with van der Waals surface area (Å²) < 4.78 is 36.2. The Labute approximate surface area is 215 Å². The van der Waals surface area contributed by atoms with E-state index in [1.807, 2.05) is 54.6 Å². The Morgan fingerprint density at radius 1 is 0.892 bits per heavy atom. The third kappa shape index (κ3) is 7.02. The first-order chi connectivity index (χ1) is 17.7. The quantitative estimate of drug-likeness (QED) is 0.253. The SMILES string of the molecule is CC(C)C(Nc1ccc(C(=O)NCCS(=O)(=O)O)cc1)c1ccc(-c2nnc(-c3ccccc3)o2)cc1. The van der Waals surface area contributed by atoms with Gasteiger partial charge in [0.2, 0.25) is 11.8 Å². The highest BCUT2D eigenvalue weighted by molar-refractivity contribution is 7.85. The predicted octanol–water partition coefficient (Wildman–Crippen LogP) is 4.83. The molecule has 0 saturated carbocycles. The molecule has 1 aromatic heterocycles. The summed E-state index contributed by atoms with van der Waals surface area (Å²) in [6.45, 7) is 4.07. The number of rotatable bonds is 10. The Kier molecular flexibility index (Phi) is 8.00. The summed E-state index contributed by atoms with van der Waals surface area (Å²) in [7, 11) is -4.12. The lowest BCUT2D eigenvalue weighted by molar-refractivity contribution is 0.0956. The summed E-state index contributed by atoms with van der Waals surface area (Å²) in [6.07, 6.45) is 0. The van der Waals surface area contributed by atoms with Gasteiger partial charge in [0.1, 0.15) is 0 Å². The van der Waals surface area contributed by atoms with Crippen LogP contribution in [0.25, 0.3) is 22.9 Å². The monoisotopic (exact) mass is 520 g/mol. The van der Waals surface area contributed by atoms with Crippen molar-refractivity contribution in [2.24, 2.45) is 5.92 Å². The second-order valence-electron chi connectivity index (χ2n) is 8.89. The highest BCUT2D eigenvalue weighted by Gasteiger charge is 2.17. The topological polar surface area (TPSA) is 134 Å². The van der Waals surface area contributed by atoms with Gasteiger partial charge in [-0.3, -0.25) is 9.35 Å². The fourth-order valence-electron chi connectivity index (χ4n) is 3.80. The van der Waals surface area contributed by atoms with Crippen molar-refractivity contribution in [3.05, 3.63) is 90.0 Å². The predicted molar refractivity (Wildman–Crippen MR) is 142 cm³/mol. The lowest BCUT2D eigenvalue weighted by atomic mass is 9.94. The average molecular weight is 521 g/mol. The van der Waals surface area contributed by atoms with Crippen LogP contribution in [0.15, 0.2) is 83.3 Å². The molecule has 3 aromatic carbocycles. The standard InChI is InChI=1S/C27H28N4O5S/c1-18(2)24(29-23-14-12-20(13-15-23)25(32)28-16-17-37(33,34)35)19-8-10-22(11-9-19)27-31-30-26(36-27)21-6-4-3-5-7-21/h3-15,18,24,29H,16-17H2,1-2H3,(H,28,32)(H,33,34,35). The van der Waals surface area contributed by atoms with E-state index in [2.05, 4.69) is 34.7 Å². The molecule has 192 valence electrons. The molecule has 4 rings (SSSR count). The highest BCUT2D eigenvalue weighted by Crippen LogP contribution is 2.29. The maximum Gasteiger partial charge on any atom is 0.266 e. The van der Waals surface area contributed by atoms with Crippen LogP contribution in [0.4, 0.5) is 5.69 Å². The second kappa shape index (κ2) is 11.4. The molecule has 1 unspecified atom stereocenters. The van der Waals surface area contributed by atoms with Crippen molar-refractivity contribution in [3.8, 4) is 22.9 Å². The molecule has 9 nitrogen and oxygen atoms in total. The molecule has 37 heavy (non-hydrogen) atoms. The number of carbonyl (C=O) groups excluding carboxylic acids is 1. The molecule has 0 aliphatic carbocycles. The van der Waals surface area contributed by atoms with Crippen LogP contribution < -0.4 is 10.6 Å². The Hall–Kier alpha value is -4.02. The molecule has 0 aliphatic rings. The van der Waals surface area contributed by atoms with Gasteiger partial charge in [0.25, 0.3) is 16.0 Å². The van der Waals surface area contributed by atoms with E-state index in [1.54, 1.807) is 24.3 Å².